The van der Waals surface area contributed by atoms with Crippen LogP contribution in [0.3, 0.4) is 0 Å². The summed E-state index contributed by atoms with van der Waals surface area (Å²) in [4.78, 5) is 43.4. The second-order valence-corrected chi connectivity index (χ2v) is 7.76. The first-order chi connectivity index (χ1) is 15.9. The van der Waals surface area contributed by atoms with Gasteiger partial charge in [0.15, 0.2) is 5.78 Å². The fourth-order valence-electron chi connectivity index (χ4n) is 3.62. The minimum atomic E-state index is -0.549. The van der Waals surface area contributed by atoms with Gasteiger partial charge in [0.25, 0.3) is 0 Å². The fraction of sp³-hybridized carbons (Fsp3) is 0.154. The standard InChI is InChI=1S/C26H22FN3O3/c1-3-17-5-4-6-20(13-17)29-23(31)15-30-14-22(24(32)18-8-10-19(27)11-9-18)25(33)21-12-7-16(2)28-26(21)30/h4-14H,3,15H2,1-2H3,(H,29,31). The van der Waals surface area contributed by atoms with Gasteiger partial charge in [-0.05, 0) is 67.4 Å². The van der Waals surface area contributed by atoms with Crippen molar-refractivity contribution in [3.8, 4) is 0 Å². The molecule has 33 heavy (non-hydrogen) atoms. The minimum Gasteiger partial charge on any atom is -0.325 e. The van der Waals surface area contributed by atoms with E-state index in [0.717, 1.165) is 24.1 Å². The molecule has 6 nitrogen and oxygen atoms in total. The Morgan fingerprint density at radius 1 is 1.06 bits per heavy atom. The van der Waals surface area contributed by atoms with Crippen LogP contribution in [-0.2, 0) is 17.8 Å². The lowest BCUT2D eigenvalue weighted by Gasteiger charge is -2.13. The van der Waals surface area contributed by atoms with Gasteiger partial charge in [-0.15, -0.1) is 0 Å². The Balaban J connectivity index is 1.74. The van der Waals surface area contributed by atoms with Crippen molar-refractivity contribution in [3.05, 3.63) is 105 Å². The highest BCUT2D eigenvalue weighted by Crippen LogP contribution is 2.16. The van der Waals surface area contributed by atoms with Crippen molar-refractivity contribution >= 4 is 28.4 Å². The predicted octanol–water partition coefficient (Wildman–Crippen LogP) is 4.28. The lowest BCUT2D eigenvalue weighted by Crippen LogP contribution is -2.25. The average molecular weight is 443 g/mol. The molecule has 7 heteroatoms. The van der Waals surface area contributed by atoms with E-state index in [1.807, 2.05) is 25.1 Å². The number of aromatic nitrogens is 2. The third-order valence-corrected chi connectivity index (χ3v) is 5.34. The number of rotatable bonds is 6. The van der Waals surface area contributed by atoms with Crippen molar-refractivity contribution < 1.29 is 14.0 Å². The molecular formula is C26H22FN3O3. The molecule has 2 aromatic carbocycles. The highest BCUT2D eigenvalue weighted by atomic mass is 19.1. The van der Waals surface area contributed by atoms with Crippen LogP contribution in [-0.4, -0.2) is 21.2 Å². The maximum atomic E-state index is 13.3. The van der Waals surface area contributed by atoms with Crippen molar-refractivity contribution in [2.45, 2.75) is 26.8 Å². The summed E-state index contributed by atoms with van der Waals surface area (Å²) in [5.74, 6) is -1.35. The number of carbonyl (C=O) groups excluding carboxylic acids is 2. The first kappa shape index (κ1) is 22.1. The van der Waals surface area contributed by atoms with E-state index in [1.165, 1.54) is 22.9 Å². The van der Waals surface area contributed by atoms with Crippen molar-refractivity contribution in [1.82, 2.24) is 9.55 Å². The van der Waals surface area contributed by atoms with Gasteiger partial charge in [-0.2, -0.15) is 0 Å². The zero-order chi connectivity index (χ0) is 23.5. The maximum absolute atomic E-state index is 13.3. The quantitative estimate of drug-likeness (QED) is 0.451. The largest absolute Gasteiger partial charge is 0.325 e. The molecule has 0 fully saturated rings. The summed E-state index contributed by atoms with van der Waals surface area (Å²) in [6, 6.07) is 15.8. The van der Waals surface area contributed by atoms with E-state index in [4.69, 9.17) is 0 Å². The first-order valence-electron chi connectivity index (χ1n) is 10.6. The van der Waals surface area contributed by atoms with Gasteiger partial charge in [0.1, 0.15) is 18.0 Å². The molecule has 2 heterocycles. The van der Waals surface area contributed by atoms with Crippen LogP contribution < -0.4 is 10.7 Å². The number of halogens is 1. The van der Waals surface area contributed by atoms with Gasteiger partial charge in [-0.1, -0.05) is 19.1 Å². The second-order valence-electron chi connectivity index (χ2n) is 7.76. The third kappa shape index (κ3) is 4.72. The molecule has 0 aliphatic carbocycles. The zero-order valence-electron chi connectivity index (χ0n) is 18.3. The van der Waals surface area contributed by atoms with Crippen LogP contribution in [0.5, 0.6) is 0 Å². The Morgan fingerprint density at radius 2 is 1.82 bits per heavy atom. The minimum absolute atomic E-state index is 0.111. The highest BCUT2D eigenvalue weighted by Gasteiger charge is 2.19. The molecule has 0 spiro atoms. The monoisotopic (exact) mass is 443 g/mol. The number of amides is 1. The molecule has 1 N–H and O–H groups in total. The number of carbonyl (C=O) groups is 2. The molecule has 166 valence electrons. The molecule has 0 bridgehead atoms. The number of hydrogen-bond donors (Lipinski definition) is 1. The van der Waals surface area contributed by atoms with E-state index in [9.17, 15) is 18.8 Å². The van der Waals surface area contributed by atoms with Gasteiger partial charge >= 0.3 is 0 Å². The first-order valence-corrected chi connectivity index (χ1v) is 10.6. The van der Waals surface area contributed by atoms with Crippen LogP contribution in [0.25, 0.3) is 11.0 Å². The third-order valence-electron chi connectivity index (χ3n) is 5.34. The van der Waals surface area contributed by atoms with E-state index in [-0.39, 0.29) is 29.0 Å². The summed E-state index contributed by atoms with van der Waals surface area (Å²) < 4.78 is 14.8. The Kier molecular flexibility index (Phi) is 6.13. The van der Waals surface area contributed by atoms with Crippen LogP contribution in [0, 0.1) is 12.7 Å². The number of nitrogens with zero attached hydrogens (tertiary/aromatic N) is 2. The molecule has 4 aromatic rings. The maximum Gasteiger partial charge on any atom is 0.244 e. The number of anilines is 1. The molecule has 0 aliphatic rings. The molecule has 0 saturated carbocycles. The van der Waals surface area contributed by atoms with Crippen LogP contribution in [0.4, 0.5) is 10.1 Å². The molecule has 4 rings (SSSR count). The molecule has 0 aliphatic heterocycles. The number of pyridine rings is 2. The van der Waals surface area contributed by atoms with Crippen molar-refractivity contribution in [2.75, 3.05) is 5.32 Å². The average Bonchev–Trinajstić information content (AvgIpc) is 2.81. The normalized spacial score (nSPS) is 10.9. The molecule has 1 amide bonds. The summed E-state index contributed by atoms with van der Waals surface area (Å²) >= 11 is 0. The van der Waals surface area contributed by atoms with E-state index >= 15 is 0 Å². The van der Waals surface area contributed by atoms with Gasteiger partial charge in [-0.25, -0.2) is 9.37 Å². The van der Waals surface area contributed by atoms with E-state index in [0.29, 0.717) is 17.0 Å². The predicted molar refractivity (Wildman–Crippen MR) is 125 cm³/mol. The lowest BCUT2D eigenvalue weighted by atomic mass is 10.0. The summed E-state index contributed by atoms with van der Waals surface area (Å²) in [6.07, 6.45) is 2.19. The number of hydrogen-bond acceptors (Lipinski definition) is 4. The van der Waals surface area contributed by atoms with E-state index < -0.39 is 17.0 Å². The molecule has 2 aromatic heterocycles. The van der Waals surface area contributed by atoms with Crippen LogP contribution in [0.15, 0.2) is 71.7 Å². The topological polar surface area (TPSA) is 81.1 Å². The van der Waals surface area contributed by atoms with Crippen molar-refractivity contribution in [1.29, 1.82) is 0 Å². The van der Waals surface area contributed by atoms with Gasteiger partial charge in [0.2, 0.25) is 11.3 Å². The molecule has 0 saturated heterocycles. The fourth-order valence-corrected chi connectivity index (χ4v) is 3.62. The van der Waals surface area contributed by atoms with Gasteiger partial charge in [0.05, 0.1) is 10.9 Å². The second kappa shape index (κ2) is 9.16. The number of nitrogens with one attached hydrogen (secondary N) is 1. The van der Waals surface area contributed by atoms with E-state index in [1.54, 1.807) is 25.1 Å². The number of benzene rings is 2. The summed E-state index contributed by atoms with van der Waals surface area (Å²) in [7, 11) is 0. The number of fused-ring (bicyclic) bond motifs is 1. The Hall–Kier alpha value is -4.13. The van der Waals surface area contributed by atoms with Gasteiger partial charge in [0, 0.05) is 23.1 Å². The zero-order valence-corrected chi connectivity index (χ0v) is 18.3. The summed E-state index contributed by atoms with van der Waals surface area (Å²) in [5.41, 5.74) is 2.32. The molecular weight excluding hydrogens is 421 g/mol. The van der Waals surface area contributed by atoms with E-state index in [2.05, 4.69) is 10.3 Å². The van der Waals surface area contributed by atoms with Crippen molar-refractivity contribution in [2.24, 2.45) is 0 Å². The lowest BCUT2D eigenvalue weighted by molar-refractivity contribution is -0.116. The molecule has 0 atom stereocenters. The molecule has 0 unspecified atom stereocenters. The van der Waals surface area contributed by atoms with Crippen LogP contribution in [0.1, 0.15) is 34.1 Å². The Morgan fingerprint density at radius 3 is 2.55 bits per heavy atom. The highest BCUT2D eigenvalue weighted by molar-refractivity contribution is 6.10. The SMILES string of the molecule is CCc1cccc(NC(=O)Cn2cc(C(=O)c3ccc(F)cc3)c(=O)c3ccc(C)nc32)c1. The van der Waals surface area contributed by atoms with Crippen LogP contribution >= 0.6 is 0 Å². The Labute approximate surface area is 189 Å². The Bertz CT molecular complexity index is 1430. The smallest absolute Gasteiger partial charge is 0.244 e. The van der Waals surface area contributed by atoms with Crippen molar-refractivity contribution in [3.63, 3.8) is 0 Å². The number of ketones is 1. The summed E-state index contributed by atoms with van der Waals surface area (Å²) in [5, 5.41) is 3.08. The van der Waals surface area contributed by atoms with Gasteiger partial charge in [-0.3, -0.25) is 14.4 Å². The summed E-state index contributed by atoms with van der Waals surface area (Å²) in [6.45, 7) is 3.66. The number of aryl methyl sites for hydroxylation is 2. The van der Waals surface area contributed by atoms with Gasteiger partial charge < -0.3 is 9.88 Å². The van der Waals surface area contributed by atoms with Crippen LogP contribution in [0.2, 0.25) is 0 Å². The molecule has 0 radical (unpaired) electrons.